The molecule has 0 spiro atoms. The average Bonchev–Trinajstić information content (AvgIpc) is 2.16. The van der Waals surface area contributed by atoms with Crippen molar-refractivity contribution >= 4 is 5.97 Å². The van der Waals surface area contributed by atoms with Crippen molar-refractivity contribution in [1.29, 1.82) is 0 Å². The summed E-state index contributed by atoms with van der Waals surface area (Å²) >= 11 is 0. The van der Waals surface area contributed by atoms with E-state index in [-0.39, 0.29) is 12.7 Å². The molecule has 1 fully saturated rings. The monoisotopic (exact) mass is 201 g/mol. The molecule has 1 atom stereocenters. The second kappa shape index (κ2) is 4.75. The van der Waals surface area contributed by atoms with Crippen molar-refractivity contribution in [3.8, 4) is 0 Å². The maximum atomic E-state index is 10.7. The fourth-order valence-corrected chi connectivity index (χ4v) is 1.58. The van der Waals surface area contributed by atoms with Crippen molar-refractivity contribution in [1.82, 2.24) is 0 Å². The van der Waals surface area contributed by atoms with Crippen molar-refractivity contribution in [2.24, 2.45) is 5.73 Å². The second-order valence-electron chi connectivity index (χ2n) is 4.29. The normalized spacial score (nSPS) is 23.0. The van der Waals surface area contributed by atoms with Crippen LogP contribution in [0.5, 0.6) is 0 Å². The van der Waals surface area contributed by atoms with Crippen LogP contribution in [0.1, 0.15) is 39.0 Å². The number of rotatable bonds is 4. The summed E-state index contributed by atoms with van der Waals surface area (Å²) in [4.78, 5) is 10.7. The minimum absolute atomic E-state index is 0.104. The van der Waals surface area contributed by atoms with Gasteiger partial charge in [-0.15, -0.1) is 0 Å². The number of carbonyl (C=O) groups is 1. The topological polar surface area (TPSA) is 72.5 Å². The van der Waals surface area contributed by atoms with E-state index in [0.29, 0.717) is 0 Å². The number of aliphatic carboxylic acids is 1. The highest BCUT2D eigenvalue weighted by Gasteiger charge is 2.29. The van der Waals surface area contributed by atoms with Crippen molar-refractivity contribution in [2.45, 2.75) is 50.7 Å². The van der Waals surface area contributed by atoms with Crippen LogP contribution in [0.4, 0.5) is 0 Å². The molecule has 3 N–H and O–H groups in total. The molecule has 14 heavy (non-hydrogen) atoms. The highest BCUT2D eigenvalue weighted by atomic mass is 16.5. The Bertz CT molecular complexity index is 198. The Morgan fingerprint density at radius 1 is 1.50 bits per heavy atom. The predicted octanol–water partition coefficient (Wildman–Crippen LogP) is 1.14. The summed E-state index contributed by atoms with van der Waals surface area (Å²) in [5.41, 5.74) is 4.30. The molecule has 0 aromatic heterocycles. The van der Waals surface area contributed by atoms with Crippen molar-refractivity contribution in [2.75, 3.05) is 6.61 Å². The first-order chi connectivity index (χ1) is 6.52. The molecule has 4 heteroatoms. The molecule has 1 rings (SSSR count). The molecule has 1 saturated carbocycles. The van der Waals surface area contributed by atoms with E-state index in [9.17, 15) is 4.79 Å². The van der Waals surface area contributed by atoms with Gasteiger partial charge in [0.15, 0.2) is 0 Å². The Balaban J connectivity index is 2.28. The zero-order valence-corrected chi connectivity index (χ0v) is 8.66. The Hall–Kier alpha value is -0.610. The van der Waals surface area contributed by atoms with Gasteiger partial charge in [-0.2, -0.15) is 0 Å². The van der Waals surface area contributed by atoms with Crippen molar-refractivity contribution in [3.05, 3.63) is 0 Å². The molecule has 0 heterocycles. The second-order valence-corrected chi connectivity index (χ2v) is 4.29. The first kappa shape index (κ1) is 11.5. The van der Waals surface area contributed by atoms with Gasteiger partial charge in [0.25, 0.3) is 0 Å². The van der Waals surface area contributed by atoms with Gasteiger partial charge >= 0.3 is 5.97 Å². The lowest BCUT2D eigenvalue weighted by atomic mass is 9.97. The van der Waals surface area contributed by atoms with Crippen LogP contribution >= 0.6 is 0 Å². The molecule has 4 nitrogen and oxygen atoms in total. The highest BCUT2D eigenvalue weighted by Crippen LogP contribution is 2.21. The third kappa shape index (κ3) is 3.27. The minimum atomic E-state index is -1.25. The Morgan fingerprint density at radius 3 is 2.57 bits per heavy atom. The van der Waals surface area contributed by atoms with E-state index in [1.54, 1.807) is 0 Å². The summed E-state index contributed by atoms with van der Waals surface area (Å²) in [6.45, 7) is 1.59. The molecular weight excluding hydrogens is 182 g/mol. The zero-order valence-electron chi connectivity index (χ0n) is 8.66. The molecule has 1 unspecified atom stereocenters. The molecule has 82 valence electrons. The standard InChI is InChI=1S/C10H19NO3/c1-10(11,9(12)13)7-14-8-5-3-2-4-6-8/h8H,2-7,11H2,1H3,(H,12,13). The van der Waals surface area contributed by atoms with Crippen molar-refractivity contribution < 1.29 is 14.6 Å². The van der Waals surface area contributed by atoms with Crippen molar-refractivity contribution in [3.63, 3.8) is 0 Å². The number of hydrogen-bond donors (Lipinski definition) is 2. The molecule has 0 aromatic carbocycles. The van der Waals surface area contributed by atoms with Crippen LogP contribution in [0.2, 0.25) is 0 Å². The van der Waals surface area contributed by atoms with E-state index in [1.807, 2.05) is 0 Å². The van der Waals surface area contributed by atoms with E-state index in [0.717, 1.165) is 12.8 Å². The quantitative estimate of drug-likeness (QED) is 0.715. The summed E-state index contributed by atoms with van der Waals surface area (Å²) in [6, 6.07) is 0. The van der Waals surface area contributed by atoms with Gasteiger partial charge < -0.3 is 15.6 Å². The summed E-state index contributed by atoms with van der Waals surface area (Å²) in [5.74, 6) is -1.01. The largest absolute Gasteiger partial charge is 0.480 e. The van der Waals surface area contributed by atoms with E-state index in [1.165, 1.54) is 26.2 Å². The molecule has 0 radical (unpaired) electrons. The number of carboxylic acids is 1. The van der Waals surface area contributed by atoms with Crippen LogP contribution in [0.15, 0.2) is 0 Å². The maximum absolute atomic E-state index is 10.7. The van der Waals surface area contributed by atoms with Gasteiger partial charge in [0.1, 0.15) is 5.54 Å². The molecule has 0 saturated heterocycles. The number of nitrogens with two attached hydrogens (primary N) is 1. The average molecular weight is 201 g/mol. The minimum Gasteiger partial charge on any atom is -0.480 e. The van der Waals surface area contributed by atoms with Crippen LogP contribution in [0.3, 0.4) is 0 Å². The van der Waals surface area contributed by atoms with E-state index < -0.39 is 11.5 Å². The molecule has 0 aromatic rings. The summed E-state index contributed by atoms with van der Waals surface area (Å²) in [7, 11) is 0. The zero-order chi connectivity index (χ0) is 10.6. The number of carboxylic acid groups (broad SMARTS) is 1. The van der Waals surface area contributed by atoms with Gasteiger partial charge in [-0.05, 0) is 19.8 Å². The fraction of sp³-hybridized carbons (Fsp3) is 0.900. The lowest BCUT2D eigenvalue weighted by Crippen LogP contribution is -2.49. The van der Waals surface area contributed by atoms with E-state index >= 15 is 0 Å². The van der Waals surface area contributed by atoms with Crippen LogP contribution in [-0.2, 0) is 9.53 Å². The molecule has 1 aliphatic carbocycles. The number of ether oxygens (including phenoxy) is 1. The third-order valence-corrected chi connectivity index (χ3v) is 2.66. The first-order valence-corrected chi connectivity index (χ1v) is 5.16. The van der Waals surface area contributed by atoms with Gasteiger partial charge in [-0.3, -0.25) is 4.79 Å². The molecule has 1 aliphatic rings. The molecular formula is C10H19NO3. The van der Waals surface area contributed by atoms with Gasteiger partial charge in [-0.25, -0.2) is 0 Å². The van der Waals surface area contributed by atoms with E-state index in [4.69, 9.17) is 15.6 Å². The summed E-state index contributed by atoms with van der Waals surface area (Å²) in [6.07, 6.45) is 5.91. The fourth-order valence-electron chi connectivity index (χ4n) is 1.58. The number of hydrogen-bond acceptors (Lipinski definition) is 3. The molecule has 0 amide bonds. The van der Waals surface area contributed by atoms with Crippen LogP contribution in [0.25, 0.3) is 0 Å². The van der Waals surface area contributed by atoms with Gasteiger partial charge in [0.2, 0.25) is 0 Å². The maximum Gasteiger partial charge on any atom is 0.325 e. The predicted molar refractivity (Wildman–Crippen MR) is 53.1 cm³/mol. The third-order valence-electron chi connectivity index (χ3n) is 2.66. The Kier molecular flexibility index (Phi) is 3.89. The summed E-state index contributed by atoms with van der Waals surface area (Å²) < 4.78 is 5.50. The lowest BCUT2D eigenvalue weighted by molar-refractivity contribution is -0.146. The van der Waals surface area contributed by atoms with Gasteiger partial charge in [-0.1, -0.05) is 19.3 Å². The van der Waals surface area contributed by atoms with Crippen LogP contribution < -0.4 is 5.73 Å². The van der Waals surface area contributed by atoms with E-state index in [2.05, 4.69) is 0 Å². The smallest absolute Gasteiger partial charge is 0.325 e. The van der Waals surface area contributed by atoms with Crippen LogP contribution in [-0.4, -0.2) is 29.3 Å². The van der Waals surface area contributed by atoms with Gasteiger partial charge in [0.05, 0.1) is 12.7 Å². The summed E-state index contributed by atoms with van der Waals surface area (Å²) in [5, 5.41) is 8.77. The lowest BCUT2D eigenvalue weighted by Gasteiger charge is -2.26. The SMILES string of the molecule is CC(N)(COC1CCCCC1)C(=O)O. The van der Waals surface area contributed by atoms with Crippen LogP contribution in [0, 0.1) is 0 Å². The molecule has 0 bridgehead atoms. The first-order valence-electron chi connectivity index (χ1n) is 5.16. The Labute approximate surface area is 84.4 Å². The Morgan fingerprint density at radius 2 is 2.07 bits per heavy atom. The highest BCUT2D eigenvalue weighted by molar-refractivity contribution is 5.77. The van der Waals surface area contributed by atoms with Gasteiger partial charge in [0, 0.05) is 0 Å². The molecule has 0 aliphatic heterocycles.